The first-order valence-electron chi connectivity index (χ1n) is 8.69. The molecule has 0 spiro atoms. The quantitative estimate of drug-likeness (QED) is 0.806. The maximum Gasteiger partial charge on any atom is 0.268 e. The summed E-state index contributed by atoms with van der Waals surface area (Å²) < 4.78 is 5.07. The minimum Gasteiger partial charge on any atom is -0.481 e. The van der Waals surface area contributed by atoms with E-state index < -0.39 is 0 Å². The fraction of sp³-hybridized carbons (Fsp3) is 0.500. The van der Waals surface area contributed by atoms with E-state index in [0.29, 0.717) is 17.2 Å². The van der Waals surface area contributed by atoms with E-state index in [9.17, 15) is 4.79 Å². The number of thiophene rings is 1. The SMILES string of the molecule is COc1ccc(N(C)C(=O)c2cc3c(s2)CCC(C(C)(C)C)C3)cn1. The first-order valence-corrected chi connectivity index (χ1v) is 9.51. The minimum absolute atomic E-state index is 0.0266. The van der Waals surface area contributed by atoms with Crippen molar-refractivity contribution < 1.29 is 9.53 Å². The molecule has 0 saturated heterocycles. The number of hydrogen-bond acceptors (Lipinski definition) is 4. The van der Waals surface area contributed by atoms with Gasteiger partial charge in [0.25, 0.3) is 5.91 Å². The molecule has 5 heteroatoms. The Balaban J connectivity index is 1.78. The van der Waals surface area contributed by atoms with E-state index in [0.717, 1.165) is 23.4 Å². The Hall–Kier alpha value is -1.88. The molecule has 134 valence electrons. The van der Waals surface area contributed by atoms with Crippen LogP contribution in [0.4, 0.5) is 5.69 Å². The predicted octanol–water partition coefficient (Wildman–Crippen LogP) is 4.58. The van der Waals surface area contributed by atoms with Gasteiger partial charge in [0, 0.05) is 18.0 Å². The molecular formula is C20H26N2O2S. The van der Waals surface area contributed by atoms with Crippen molar-refractivity contribution in [1.29, 1.82) is 0 Å². The number of methoxy groups -OCH3 is 1. The molecule has 2 heterocycles. The van der Waals surface area contributed by atoms with E-state index in [1.54, 1.807) is 42.7 Å². The van der Waals surface area contributed by atoms with E-state index in [-0.39, 0.29) is 5.91 Å². The summed E-state index contributed by atoms with van der Waals surface area (Å²) in [7, 11) is 3.38. The lowest BCUT2D eigenvalue weighted by Gasteiger charge is -2.33. The van der Waals surface area contributed by atoms with Gasteiger partial charge < -0.3 is 9.64 Å². The van der Waals surface area contributed by atoms with Crippen molar-refractivity contribution in [3.8, 4) is 5.88 Å². The Morgan fingerprint density at radius 3 is 2.72 bits per heavy atom. The number of hydrogen-bond donors (Lipinski definition) is 0. The zero-order valence-corrected chi connectivity index (χ0v) is 16.4. The van der Waals surface area contributed by atoms with Crippen LogP contribution in [0.5, 0.6) is 5.88 Å². The van der Waals surface area contributed by atoms with Gasteiger partial charge in [-0.25, -0.2) is 4.98 Å². The largest absolute Gasteiger partial charge is 0.481 e. The van der Waals surface area contributed by atoms with Gasteiger partial charge in [0.15, 0.2) is 0 Å². The zero-order chi connectivity index (χ0) is 18.2. The van der Waals surface area contributed by atoms with Crippen LogP contribution in [0.3, 0.4) is 0 Å². The summed E-state index contributed by atoms with van der Waals surface area (Å²) in [5.41, 5.74) is 2.44. The Morgan fingerprint density at radius 2 is 2.12 bits per heavy atom. The lowest BCUT2D eigenvalue weighted by Crippen LogP contribution is -2.26. The summed E-state index contributed by atoms with van der Waals surface area (Å²) in [5.74, 6) is 1.25. The fourth-order valence-corrected chi connectivity index (χ4v) is 4.53. The van der Waals surface area contributed by atoms with Gasteiger partial charge in [0.05, 0.1) is 23.9 Å². The Morgan fingerprint density at radius 1 is 1.36 bits per heavy atom. The van der Waals surface area contributed by atoms with Gasteiger partial charge in [0.2, 0.25) is 5.88 Å². The number of pyridine rings is 1. The number of aromatic nitrogens is 1. The average Bonchev–Trinajstić information content (AvgIpc) is 3.03. The van der Waals surface area contributed by atoms with Gasteiger partial charge in [-0.2, -0.15) is 0 Å². The van der Waals surface area contributed by atoms with Crippen molar-refractivity contribution in [3.05, 3.63) is 39.7 Å². The number of carbonyl (C=O) groups excluding carboxylic acids is 1. The van der Waals surface area contributed by atoms with Crippen LogP contribution in [0.25, 0.3) is 0 Å². The monoisotopic (exact) mass is 358 g/mol. The molecule has 2 aromatic heterocycles. The normalized spacial score (nSPS) is 17.1. The lowest BCUT2D eigenvalue weighted by molar-refractivity contribution is 0.0996. The van der Waals surface area contributed by atoms with Crippen LogP contribution < -0.4 is 9.64 Å². The molecule has 1 amide bonds. The maximum absolute atomic E-state index is 12.9. The summed E-state index contributed by atoms with van der Waals surface area (Å²) in [6.45, 7) is 6.93. The molecule has 0 radical (unpaired) electrons. The van der Waals surface area contributed by atoms with Crippen LogP contribution in [0.2, 0.25) is 0 Å². The molecule has 1 aliphatic rings. The molecule has 4 nitrogen and oxygen atoms in total. The number of aryl methyl sites for hydroxylation is 1. The minimum atomic E-state index is 0.0266. The highest BCUT2D eigenvalue weighted by Crippen LogP contribution is 2.40. The molecule has 2 aromatic rings. The molecule has 0 bridgehead atoms. The fourth-order valence-electron chi connectivity index (χ4n) is 3.34. The zero-order valence-electron chi connectivity index (χ0n) is 15.6. The van der Waals surface area contributed by atoms with E-state index >= 15 is 0 Å². The number of rotatable bonds is 3. The number of anilines is 1. The second-order valence-corrected chi connectivity index (χ2v) is 8.92. The van der Waals surface area contributed by atoms with Crippen LogP contribution in [0.15, 0.2) is 24.4 Å². The van der Waals surface area contributed by atoms with Gasteiger partial charge in [0.1, 0.15) is 0 Å². The molecule has 0 saturated carbocycles. The summed E-state index contributed by atoms with van der Waals surface area (Å²) in [6, 6.07) is 5.73. The summed E-state index contributed by atoms with van der Waals surface area (Å²) in [4.78, 5) is 20.9. The predicted molar refractivity (Wildman–Crippen MR) is 103 cm³/mol. The Bertz CT molecular complexity index is 759. The number of carbonyl (C=O) groups is 1. The highest BCUT2D eigenvalue weighted by atomic mass is 32.1. The van der Waals surface area contributed by atoms with Crippen LogP contribution in [-0.4, -0.2) is 25.0 Å². The number of fused-ring (bicyclic) bond motifs is 1. The van der Waals surface area contributed by atoms with Gasteiger partial charge in [-0.05, 0) is 48.3 Å². The summed E-state index contributed by atoms with van der Waals surface area (Å²) in [6.07, 6.45) is 5.04. The van der Waals surface area contributed by atoms with Crippen LogP contribution in [0, 0.1) is 11.3 Å². The van der Waals surface area contributed by atoms with Crippen molar-refractivity contribution in [2.24, 2.45) is 11.3 Å². The lowest BCUT2D eigenvalue weighted by atomic mass is 9.72. The highest BCUT2D eigenvalue weighted by molar-refractivity contribution is 7.14. The molecule has 0 fully saturated rings. The van der Waals surface area contributed by atoms with Gasteiger partial charge >= 0.3 is 0 Å². The molecule has 3 rings (SSSR count). The number of nitrogens with zero attached hydrogens (tertiary/aromatic N) is 2. The standard InChI is InChI=1S/C20H26N2O2S/c1-20(2,3)14-6-8-16-13(10-14)11-17(25-16)19(23)22(4)15-7-9-18(24-5)21-12-15/h7,9,11-12,14H,6,8,10H2,1-5H3. The Labute approximate surface area is 153 Å². The molecule has 0 aromatic carbocycles. The van der Waals surface area contributed by atoms with Crippen molar-refractivity contribution in [2.75, 3.05) is 19.1 Å². The molecular weight excluding hydrogens is 332 g/mol. The van der Waals surface area contributed by atoms with Gasteiger partial charge in [-0.15, -0.1) is 11.3 Å². The van der Waals surface area contributed by atoms with Gasteiger partial charge in [-0.3, -0.25) is 4.79 Å². The summed E-state index contributed by atoms with van der Waals surface area (Å²) >= 11 is 1.65. The van der Waals surface area contributed by atoms with Crippen LogP contribution in [0.1, 0.15) is 47.3 Å². The summed E-state index contributed by atoms with van der Waals surface area (Å²) in [5, 5.41) is 0. The van der Waals surface area contributed by atoms with E-state index in [4.69, 9.17) is 4.74 Å². The molecule has 1 atom stereocenters. The van der Waals surface area contributed by atoms with Gasteiger partial charge in [-0.1, -0.05) is 20.8 Å². The average molecular weight is 359 g/mol. The topological polar surface area (TPSA) is 42.4 Å². The Kier molecular flexibility index (Phi) is 4.87. The molecule has 0 N–H and O–H groups in total. The highest BCUT2D eigenvalue weighted by Gasteiger charge is 2.30. The van der Waals surface area contributed by atoms with Crippen molar-refractivity contribution in [1.82, 2.24) is 4.98 Å². The third kappa shape index (κ3) is 3.71. The maximum atomic E-state index is 12.9. The second kappa shape index (κ2) is 6.79. The molecule has 25 heavy (non-hydrogen) atoms. The molecule has 1 unspecified atom stereocenters. The first-order chi connectivity index (χ1) is 11.8. The van der Waals surface area contributed by atoms with Crippen LogP contribution >= 0.6 is 11.3 Å². The van der Waals surface area contributed by atoms with E-state index in [1.165, 1.54) is 16.9 Å². The molecule has 1 aliphatic carbocycles. The second-order valence-electron chi connectivity index (χ2n) is 7.79. The van der Waals surface area contributed by atoms with E-state index in [2.05, 4.69) is 31.8 Å². The number of amides is 1. The third-order valence-corrected chi connectivity index (χ3v) is 6.37. The van der Waals surface area contributed by atoms with Crippen molar-refractivity contribution in [3.63, 3.8) is 0 Å². The van der Waals surface area contributed by atoms with Crippen LogP contribution in [-0.2, 0) is 12.8 Å². The van der Waals surface area contributed by atoms with Crippen molar-refractivity contribution >= 4 is 22.9 Å². The molecule has 0 aliphatic heterocycles. The van der Waals surface area contributed by atoms with Crippen molar-refractivity contribution in [2.45, 2.75) is 40.0 Å². The third-order valence-electron chi connectivity index (χ3n) is 5.14. The smallest absolute Gasteiger partial charge is 0.268 e. The first kappa shape index (κ1) is 17.9. The van der Waals surface area contributed by atoms with E-state index in [1.807, 2.05) is 6.07 Å². The number of ether oxygens (including phenoxy) is 1.